The molecule has 2 atom stereocenters. The first-order valence-electron chi connectivity index (χ1n) is 18.1. The Morgan fingerprint density at radius 2 is 1.38 bits per heavy atom. The minimum atomic E-state index is -0.975. The highest BCUT2D eigenvalue weighted by Gasteiger charge is 2.50. The number of quaternary nitrogens is 1. The summed E-state index contributed by atoms with van der Waals surface area (Å²) in [5, 5.41) is 6.15. The molecule has 1 aliphatic rings. The summed E-state index contributed by atoms with van der Waals surface area (Å²) in [4.78, 5) is 70.2. The number of amides is 2. The van der Waals surface area contributed by atoms with Gasteiger partial charge in [-0.1, -0.05) is 30.3 Å². The molecule has 0 radical (unpaired) electrons. The Balaban J connectivity index is 2.73. The van der Waals surface area contributed by atoms with E-state index in [0.29, 0.717) is 39.0 Å². The van der Waals surface area contributed by atoms with E-state index in [4.69, 9.17) is 18.9 Å². The van der Waals surface area contributed by atoms with Crippen molar-refractivity contribution in [3.8, 4) is 0 Å². The summed E-state index contributed by atoms with van der Waals surface area (Å²) >= 11 is 0. The fourth-order valence-electron chi connectivity index (χ4n) is 6.11. The van der Waals surface area contributed by atoms with Crippen molar-refractivity contribution < 1.29 is 47.4 Å². The number of ether oxygens (including phenoxy) is 4. The molecule has 1 saturated heterocycles. The van der Waals surface area contributed by atoms with Gasteiger partial charge in [0.25, 0.3) is 0 Å². The predicted molar refractivity (Wildman–Crippen MR) is 197 cm³/mol. The van der Waals surface area contributed by atoms with Gasteiger partial charge in [-0.15, -0.1) is 0 Å². The van der Waals surface area contributed by atoms with Crippen molar-refractivity contribution in [2.75, 3.05) is 72.0 Å². The molecule has 2 unspecified atom stereocenters. The number of carbonyl (C=O) groups excluding carboxylic acids is 5. The van der Waals surface area contributed by atoms with Crippen molar-refractivity contribution in [2.45, 2.75) is 105 Å². The van der Waals surface area contributed by atoms with Crippen molar-refractivity contribution in [2.24, 2.45) is 0 Å². The van der Waals surface area contributed by atoms with Gasteiger partial charge in [0.1, 0.15) is 36.5 Å². The second-order valence-corrected chi connectivity index (χ2v) is 16.8. The van der Waals surface area contributed by atoms with E-state index in [2.05, 4.69) is 10.6 Å². The zero-order chi connectivity index (χ0) is 39.2. The van der Waals surface area contributed by atoms with Gasteiger partial charge in [0.05, 0.1) is 18.6 Å². The Hall–Kier alpha value is -3.59. The summed E-state index contributed by atoms with van der Waals surface area (Å²) in [7, 11) is 0. The zero-order valence-electron chi connectivity index (χ0n) is 33.2. The Labute approximate surface area is 310 Å². The fourth-order valence-corrected chi connectivity index (χ4v) is 6.11. The first kappa shape index (κ1) is 44.6. The molecule has 1 fully saturated rings. The van der Waals surface area contributed by atoms with Crippen molar-refractivity contribution >= 4 is 30.4 Å². The highest BCUT2D eigenvalue weighted by atomic mass is 16.6. The van der Waals surface area contributed by atoms with Gasteiger partial charge >= 0.3 is 24.0 Å². The van der Waals surface area contributed by atoms with Gasteiger partial charge in [0, 0.05) is 39.3 Å². The summed E-state index contributed by atoms with van der Waals surface area (Å²) < 4.78 is 22.7. The molecule has 1 heterocycles. The van der Waals surface area contributed by atoms with Crippen LogP contribution in [0, 0.1) is 0 Å². The molecule has 0 spiro atoms. The maximum Gasteiger partial charge on any atom is 0.516 e. The summed E-state index contributed by atoms with van der Waals surface area (Å²) in [6.07, 6.45) is 0.259. The van der Waals surface area contributed by atoms with Gasteiger partial charge in [0.15, 0.2) is 6.54 Å². The third kappa shape index (κ3) is 16.8. The van der Waals surface area contributed by atoms with E-state index < -0.39 is 50.8 Å². The third-order valence-corrected chi connectivity index (χ3v) is 8.26. The molecule has 14 heteroatoms. The Morgan fingerprint density at radius 3 is 1.96 bits per heavy atom. The van der Waals surface area contributed by atoms with Crippen molar-refractivity contribution in [3.05, 3.63) is 35.9 Å². The lowest BCUT2D eigenvalue weighted by molar-refractivity contribution is -0.856. The lowest BCUT2D eigenvalue weighted by Gasteiger charge is -2.47. The average molecular weight is 735 g/mol. The Bertz CT molecular complexity index is 1320. The SMILES string of the molecule is CC(C)(C)OC(=O)CN1CCNCCN(CC(=O)OC(C)(C)C)C(C)(CCNC=O)C[N+](CC(=O)OC(C)(C)C)(C(=O)OCc2ccccc2)CC1. The average Bonchev–Trinajstić information content (AvgIpc) is 2.98. The molecular weight excluding hydrogens is 670 g/mol. The monoisotopic (exact) mass is 734 g/mol. The molecule has 2 amide bonds. The van der Waals surface area contributed by atoms with Crippen LogP contribution >= 0.6 is 0 Å². The first-order chi connectivity index (χ1) is 24.0. The highest BCUT2D eigenvalue weighted by Crippen LogP contribution is 2.28. The molecule has 1 aliphatic heterocycles. The van der Waals surface area contributed by atoms with Gasteiger partial charge in [-0.3, -0.25) is 24.2 Å². The molecule has 0 saturated carbocycles. The van der Waals surface area contributed by atoms with Gasteiger partial charge in [0.2, 0.25) is 6.41 Å². The van der Waals surface area contributed by atoms with E-state index in [1.807, 2.05) is 47.1 Å². The van der Waals surface area contributed by atoms with Gasteiger partial charge in [-0.25, -0.2) is 9.28 Å². The molecule has 1 aromatic carbocycles. The molecule has 0 aliphatic carbocycles. The number of esters is 3. The molecule has 14 nitrogen and oxygen atoms in total. The fraction of sp³-hybridized carbons (Fsp3) is 0.711. The van der Waals surface area contributed by atoms with Crippen LogP contribution in [-0.2, 0) is 44.7 Å². The molecule has 294 valence electrons. The lowest BCUT2D eigenvalue weighted by Crippen LogP contribution is -2.68. The van der Waals surface area contributed by atoms with Crippen LogP contribution in [0.5, 0.6) is 0 Å². The third-order valence-electron chi connectivity index (χ3n) is 8.26. The van der Waals surface area contributed by atoms with Crippen LogP contribution in [0.15, 0.2) is 30.3 Å². The Morgan fingerprint density at radius 1 is 0.827 bits per heavy atom. The minimum absolute atomic E-state index is 0.00345. The molecule has 2 N–H and O–H groups in total. The van der Waals surface area contributed by atoms with Crippen molar-refractivity contribution in [3.63, 3.8) is 0 Å². The maximum absolute atomic E-state index is 14.7. The van der Waals surface area contributed by atoms with E-state index in [9.17, 15) is 24.0 Å². The van der Waals surface area contributed by atoms with Crippen LogP contribution < -0.4 is 10.6 Å². The van der Waals surface area contributed by atoms with Gasteiger partial charge in [-0.2, -0.15) is 4.79 Å². The second kappa shape index (κ2) is 19.5. The number of nitrogens with one attached hydrogen (secondary N) is 2. The van der Waals surface area contributed by atoms with Crippen LogP contribution in [0.3, 0.4) is 0 Å². The number of hydrogen-bond acceptors (Lipinski definition) is 12. The lowest BCUT2D eigenvalue weighted by atomic mass is 9.92. The molecule has 1 aromatic rings. The summed E-state index contributed by atoms with van der Waals surface area (Å²) in [5.74, 6) is -1.47. The van der Waals surface area contributed by atoms with Crippen LogP contribution in [-0.4, -0.2) is 139 Å². The van der Waals surface area contributed by atoms with Gasteiger partial charge < -0.3 is 29.6 Å². The zero-order valence-corrected chi connectivity index (χ0v) is 33.2. The van der Waals surface area contributed by atoms with Gasteiger partial charge in [-0.05, 0) is 81.2 Å². The van der Waals surface area contributed by atoms with E-state index in [1.54, 1.807) is 62.3 Å². The van der Waals surface area contributed by atoms with Crippen LogP contribution in [0.25, 0.3) is 0 Å². The minimum Gasteiger partial charge on any atom is -0.459 e. The summed E-state index contributed by atoms with van der Waals surface area (Å²) in [6.45, 7) is 19.7. The smallest absolute Gasteiger partial charge is 0.459 e. The Kier molecular flexibility index (Phi) is 16.7. The highest BCUT2D eigenvalue weighted by molar-refractivity contribution is 5.74. The number of benzene rings is 1. The van der Waals surface area contributed by atoms with E-state index in [-0.39, 0.29) is 52.4 Å². The first-order valence-corrected chi connectivity index (χ1v) is 18.1. The number of carbonyl (C=O) groups is 5. The standard InChI is InChI=1S/C38H63N5O9/c1-35(2,3)50-31(45)24-41-20-18-39-19-21-42(25-32(46)51-36(4,5)6)38(10,16-17-40-29-44)28-43(23-22-41,26-33(47)52-37(7,8)9)34(48)49-27-30-14-12-11-13-15-30/h11-15,29,39H,16-28H2,1-10H3/p+1. The van der Waals surface area contributed by atoms with E-state index in [1.165, 1.54) is 0 Å². The molecule has 2 rings (SSSR count). The van der Waals surface area contributed by atoms with Crippen LogP contribution in [0.4, 0.5) is 4.79 Å². The van der Waals surface area contributed by atoms with Crippen LogP contribution in [0.2, 0.25) is 0 Å². The quantitative estimate of drug-likeness (QED) is 0.107. The predicted octanol–water partition coefficient (Wildman–Crippen LogP) is 3.27. The number of hydrogen-bond donors (Lipinski definition) is 2. The largest absolute Gasteiger partial charge is 0.516 e. The number of nitrogens with zero attached hydrogens (tertiary/aromatic N) is 3. The van der Waals surface area contributed by atoms with E-state index >= 15 is 0 Å². The van der Waals surface area contributed by atoms with E-state index in [0.717, 1.165) is 5.56 Å². The molecule has 52 heavy (non-hydrogen) atoms. The molecular formula is C38H64N5O9+. The molecule has 0 bridgehead atoms. The summed E-state index contributed by atoms with van der Waals surface area (Å²) in [6, 6.07) is 9.24. The summed E-state index contributed by atoms with van der Waals surface area (Å²) in [5.41, 5.74) is -2.46. The molecule has 0 aromatic heterocycles. The van der Waals surface area contributed by atoms with Crippen molar-refractivity contribution in [1.82, 2.24) is 20.4 Å². The maximum atomic E-state index is 14.7. The normalized spacial score (nSPS) is 21.5. The second-order valence-electron chi connectivity index (χ2n) is 16.8. The van der Waals surface area contributed by atoms with Crippen LogP contribution in [0.1, 0.15) is 81.2 Å². The number of rotatable bonds is 12. The van der Waals surface area contributed by atoms with Crippen molar-refractivity contribution in [1.29, 1.82) is 0 Å². The topological polar surface area (TPSA) is 153 Å².